The predicted octanol–water partition coefficient (Wildman–Crippen LogP) is 3.47. The van der Waals surface area contributed by atoms with E-state index < -0.39 is 0 Å². The SMILES string of the molecule is COc1ccc(CSc2ncccc2C(=O)Nc2ccnc(N(C)CCO)c2)c(OC)c1. The molecule has 1 amide bonds. The largest absolute Gasteiger partial charge is 0.497 e. The molecule has 0 atom stereocenters. The second-order valence-electron chi connectivity index (χ2n) is 6.82. The number of pyridine rings is 2. The summed E-state index contributed by atoms with van der Waals surface area (Å²) < 4.78 is 10.7. The first-order valence-electron chi connectivity index (χ1n) is 9.93. The molecule has 2 N–H and O–H groups in total. The summed E-state index contributed by atoms with van der Waals surface area (Å²) >= 11 is 1.46. The highest BCUT2D eigenvalue weighted by molar-refractivity contribution is 7.98. The molecule has 32 heavy (non-hydrogen) atoms. The number of aliphatic hydroxyl groups is 1. The van der Waals surface area contributed by atoms with Crippen molar-refractivity contribution < 1.29 is 19.4 Å². The molecular formula is C23H26N4O4S. The Morgan fingerprint density at radius 2 is 1.97 bits per heavy atom. The molecule has 168 valence electrons. The smallest absolute Gasteiger partial charge is 0.258 e. The molecule has 0 unspecified atom stereocenters. The van der Waals surface area contributed by atoms with Gasteiger partial charge in [-0.2, -0.15) is 0 Å². The molecule has 3 aromatic rings. The molecule has 1 aromatic carbocycles. The fraction of sp³-hybridized carbons (Fsp3) is 0.261. The van der Waals surface area contributed by atoms with Crippen molar-refractivity contribution in [3.8, 4) is 11.5 Å². The number of nitrogens with zero attached hydrogens (tertiary/aromatic N) is 3. The van der Waals surface area contributed by atoms with Crippen LogP contribution in [-0.4, -0.2) is 55.4 Å². The van der Waals surface area contributed by atoms with E-state index >= 15 is 0 Å². The number of aromatic nitrogens is 2. The van der Waals surface area contributed by atoms with Gasteiger partial charge in [0.1, 0.15) is 22.3 Å². The number of anilines is 2. The number of methoxy groups -OCH3 is 2. The van der Waals surface area contributed by atoms with E-state index in [2.05, 4.69) is 15.3 Å². The van der Waals surface area contributed by atoms with E-state index in [0.717, 1.165) is 17.1 Å². The Hall–Kier alpha value is -3.30. The van der Waals surface area contributed by atoms with Gasteiger partial charge < -0.3 is 24.8 Å². The van der Waals surface area contributed by atoms with Crippen LogP contribution in [0.1, 0.15) is 15.9 Å². The lowest BCUT2D eigenvalue weighted by atomic mass is 10.2. The first-order valence-corrected chi connectivity index (χ1v) is 10.9. The third-order valence-electron chi connectivity index (χ3n) is 4.70. The summed E-state index contributed by atoms with van der Waals surface area (Å²) in [6, 6.07) is 12.6. The van der Waals surface area contributed by atoms with Crippen LogP contribution < -0.4 is 19.7 Å². The molecule has 9 heteroatoms. The van der Waals surface area contributed by atoms with Gasteiger partial charge in [-0.15, -0.1) is 11.8 Å². The van der Waals surface area contributed by atoms with Crippen LogP contribution in [0.5, 0.6) is 11.5 Å². The van der Waals surface area contributed by atoms with Crippen molar-refractivity contribution in [2.24, 2.45) is 0 Å². The lowest BCUT2D eigenvalue weighted by molar-refractivity contribution is 0.102. The van der Waals surface area contributed by atoms with Crippen molar-refractivity contribution in [3.63, 3.8) is 0 Å². The average molecular weight is 455 g/mol. The van der Waals surface area contributed by atoms with E-state index in [0.29, 0.717) is 34.4 Å². The van der Waals surface area contributed by atoms with Gasteiger partial charge in [0.15, 0.2) is 0 Å². The molecule has 2 aromatic heterocycles. The molecule has 0 aliphatic carbocycles. The molecule has 0 bridgehead atoms. The first-order chi connectivity index (χ1) is 15.5. The van der Waals surface area contributed by atoms with Crippen molar-refractivity contribution in [2.75, 3.05) is 44.6 Å². The molecule has 0 saturated heterocycles. The Morgan fingerprint density at radius 3 is 2.72 bits per heavy atom. The van der Waals surface area contributed by atoms with Crippen LogP contribution in [0.15, 0.2) is 59.9 Å². The zero-order valence-corrected chi connectivity index (χ0v) is 19.1. The van der Waals surface area contributed by atoms with E-state index in [1.165, 1.54) is 11.8 Å². The summed E-state index contributed by atoms with van der Waals surface area (Å²) in [5.41, 5.74) is 2.06. The number of ether oxygens (including phenoxy) is 2. The van der Waals surface area contributed by atoms with Crippen LogP contribution in [0, 0.1) is 0 Å². The molecular weight excluding hydrogens is 428 g/mol. The van der Waals surface area contributed by atoms with E-state index in [-0.39, 0.29) is 12.5 Å². The van der Waals surface area contributed by atoms with Gasteiger partial charge in [-0.3, -0.25) is 4.79 Å². The van der Waals surface area contributed by atoms with Crippen molar-refractivity contribution in [1.29, 1.82) is 0 Å². The van der Waals surface area contributed by atoms with Crippen LogP contribution in [0.2, 0.25) is 0 Å². The average Bonchev–Trinajstić information content (AvgIpc) is 2.83. The number of nitrogens with one attached hydrogen (secondary N) is 1. The van der Waals surface area contributed by atoms with Gasteiger partial charge in [-0.05, 0) is 24.3 Å². The van der Waals surface area contributed by atoms with Crippen molar-refractivity contribution >= 4 is 29.2 Å². The van der Waals surface area contributed by atoms with Crippen molar-refractivity contribution in [1.82, 2.24) is 9.97 Å². The number of carbonyl (C=O) groups excluding carboxylic acids is 1. The molecule has 0 aliphatic heterocycles. The summed E-state index contributed by atoms with van der Waals surface area (Å²) in [7, 11) is 5.05. The Bertz CT molecular complexity index is 1060. The van der Waals surface area contributed by atoms with Gasteiger partial charge in [-0.1, -0.05) is 6.07 Å². The van der Waals surface area contributed by atoms with Gasteiger partial charge in [0.05, 0.1) is 26.4 Å². The summed E-state index contributed by atoms with van der Waals surface area (Å²) in [5.74, 6) is 2.41. The van der Waals surface area contributed by atoms with Gasteiger partial charge in [-0.25, -0.2) is 9.97 Å². The molecule has 2 heterocycles. The highest BCUT2D eigenvalue weighted by Crippen LogP contribution is 2.31. The molecule has 0 spiro atoms. The zero-order chi connectivity index (χ0) is 22.9. The zero-order valence-electron chi connectivity index (χ0n) is 18.2. The number of carbonyl (C=O) groups is 1. The summed E-state index contributed by atoms with van der Waals surface area (Å²) in [4.78, 5) is 23.5. The van der Waals surface area contributed by atoms with Crippen LogP contribution in [-0.2, 0) is 5.75 Å². The van der Waals surface area contributed by atoms with Crippen LogP contribution >= 0.6 is 11.8 Å². The fourth-order valence-electron chi connectivity index (χ4n) is 2.96. The quantitative estimate of drug-likeness (QED) is 0.450. The second-order valence-corrected chi connectivity index (χ2v) is 7.79. The van der Waals surface area contributed by atoms with Crippen molar-refractivity contribution in [3.05, 3.63) is 66.0 Å². The third-order valence-corrected chi connectivity index (χ3v) is 5.76. The molecule has 8 nitrogen and oxygen atoms in total. The van der Waals surface area contributed by atoms with Gasteiger partial charge in [0.25, 0.3) is 5.91 Å². The first kappa shape index (κ1) is 23.4. The number of amides is 1. The van der Waals surface area contributed by atoms with Crippen LogP contribution in [0.3, 0.4) is 0 Å². The highest BCUT2D eigenvalue weighted by Gasteiger charge is 2.15. The minimum atomic E-state index is -0.260. The number of benzene rings is 1. The normalized spacial score (nSPS) is 10.5. The standard InChI is InChI=1S/C23H26N4O4S/c1-27(11-12-28)21-13-17(8-10-24-21)26-22(29)19-5-4-9-25-23(19)32-15-16-6-7-18(30-2)14-20(16)31-3/h4-10,13-14,28H,11-12,15H2,1-3H3,(H,24,26,29). The molecule has 3 rings (SSSR count). The topological polar surface area (TPSA) is 96.8 Å². The third kappa shape index (κ3) is 5.89. The summed E-state index contributed by atoms with van der Waals surface area (Å²) in [6.07, 6.45) is 3.28. The van der Waals surface area contributed by atoms with E-state index in [1.54, 1.807) is 50.9 Å². The Morgan fingerprint density at radius 1 is 1.12 bits per heavy atom. The fourth-order valence-corrected chi connectivity index (χ4v) is 3.95. The van der Waals surface area contributed by atoms with Crippen LogP contribution in [0.4, 0.5) is 11.5 Å². The van der Waals surface area contributed by atoms with Crippen LogP contribution in [0.25, 0.3) is 0 Å². The molecule has 0 fully saturated rings. The van der Waals surface area contributed by atoms with E-state index in [4.69, 9.17) is 14.6 Å². The maximum Gasteiger partial charge on any atom is 0.258 e. The molecule has 0 radical (unpaired) electrons. The number of hydrogen-bond acceptors (Lipinski definition) is 8. The second kappa shape index (κ2) is 11.4. The predicted molar refractivity (Wildman–Crippen MR) is 126 cm³/mol. The minimum absolute atomic E-state index is 0.0179. The summed E-state index contributed by atoms with van der Waals surface area (Å²) in [6.45, 7) is 0.465. The maximum atomic E-state index is 13.0. The van der Waals surface area contributed by atoms with Gasteiger partial charge in [0, 0.05) is 55.1 Å². The lowest BCUT2D eigenvalue weighted by Gasteiger charge is -2.17. The number of thioether (sulfide) groups is 1. The molecule has 0 saturated carbocycles. The Labute approximate surface area is 191 Å². The lowest BCUT2D eigenvalue weighted by Crippen LogP contribution is -2.22. The Kier molecular flexibility index (Phi) is 8.29. The summed E-state index contributed by atoms with van der Waals surface area (Å²) in [5, 5.41) is 12.7. The van der Waals surface area contributed by atoms with Gasteiger partial charge >= 0.3 is 0 Å². The monoisotopic (exact) mass is 454 g/mol. The maximum absolute atomic E-state index is 13.0. The minimum Gasteiger partial charge on any atom is -0.497 e. The van der Waals surface area contributed by atoms with E-state index in [1.807, 2.05) is 30.1 Å². The van der Waals surface area contributed by atoms with E-state index in [9.17, 15) is 4.79 Å². The number of aliphatic hydroxyl groups excluding tert-OH is 1. The number of rotatable bonds is 10. The Balaban J connectivity index is 1.74. The van der Waals surface area contributed by atoms with Crippen molar-refractivity contribution in [2.45, 2.75) is 10.8 Å². The molecule has 0 aliphatic rings. The van der Waals surface area contributed by atoms with Gasteiger partial charge in [0.2, 0.25) is 0 Å². The number of likely N-dealkylation sites (N-methyl/N-ethyl adjacent to an activating group) is 1. The number of hydrogen-bond donors (Lipinski definition) is 2. The highest BCUT2D eigenvalue weighted by atomic mass is 32.2.